The van der Waals surface area contributed by atoms with E-state index in [1.165, 1.54) is 0 Å². The first-order valence-electron chi connectivity index (χ1n) is 7.03. The van der Waals surface area contributed by atoms with Crippen molar-refractivity contribution < 1.29 is 4.42 Å². The lowest BCUT2D eigenvalue weighted by atomic mass is 10.2. The van der Waals surface area contributed by atoms with Gasteiger partial charge in [0, 0.05) is 16.0 Å². The van der Waals surface area contributed by atoms with Gasteiger partial charge in [0.25, 0.3) is 0 Å². The number of aromatic nitrogens is 3. The molecule has 0 atom stereocenters. The van der Waals surface area contributed by atoms with Crippen molar-refractivity contribution in [2.75, 3.05) is 0 Å². The Hall–Kier alpha value is -2.63. The first-order chi connectivity index (χ1) is 11.6. The number of para-hydroxylation sites is 1. The van der Waals surface area contributed by atoms with Crippen molar-refractivity contribution in [3.63, 3.8) is 0 Å². The molecule has 0 unspecified atom stereocenters. The summed E-state index contributed by atoms with van der Waals surface area (Å²) in [5.41, 5.74) is 0.940. The number of hydrogen-bond acceptors (Lipinski definition) is 4. The standard InChI is InChI=1S/C17H9Cl2N3O2/c18-10-5-6-11(13(19)8-10)15-20-16(22-21-15)12-7-9-3-1-2-4-14(9)24-17(12)23/h1-8H,(H,20,21,22). The highest BCUT2D eigenvalue weighted by Gasteiger charge is 2.15. The summed E-state index contributed by atoms with van der Waals surface area (Å²) in [5.74, 6) is 0.690. The van der Waals surface area contributed by atoms with Crippen LogP contribution in [0.15, 0.2) is 57.7 Å². The highest BCUT2D eigenvalue weighted by Crippen LogP contribution is 2.29. The normalized spacial score (nSPS) is 11.1. The maximum Gasteiger partial charge on any atom is 0.347 e. The van der Waals surface area contributed by atoms with Gasteiger partial charge in [0.2, 0.25) is 0 Å². The van der Waals surface area contributed by atoms with Gasteiger partial charge in [-0.1, -0.05) is 41.4 Å². The number of fused-ring (bicyclic) bond motifs is 1. The topological polar surface area (TPSA) is 71.8 Å². The van der Waals surface area contributed by atoms with Crippen molar-refractivity contribution in [3.05, 3.63) is 69.0 Å². The Labute approximate surface area is 145 Å². The maximum absolute atomic E-state index is 12.2. The number of nitrogens with one attached hydrogen (secondary N) is 1. The molecule has 0 aliphatic carbocycles. The van der Waals surface area contributed by atoms with Crippen LogP contribution in [0.2, 0.25) is 10.0 Å². The van der Waals surface area contributed by atoms with Gasteiger partial charge >= 0.3 is 5.63 Å². The van der Waals surface area contributed by atoms with Crippen molar-refractivity contribution in [3.8, 4) is 22.8 Å². The molecular formula is C17H9Cl2N3O2. The third-order valence-electron chi connectivity index (χ3n) is 3.55. The molecule has 0 aliphatic rings. The number of aromatic amines is 1. The average molecular weight is 358 g/mol. The Morgan fingerprint density at radius 2 is 1.83 bits per heavy atom. The summed E-state index contributed by atoms with van der Waals surface area (Å²) in [6, 6.07) is 14.0. The van der Waals surface area contributed by atoms with Gasteiger partial charge in [-0.15, -0.1) is 0 Å². The highest BCUT2D eigenvalue weighted by atomic mass is 35.5. The summed E-state index contributed by atoms with van der Waals surface area (Å²) < 4.78 is 5.31. The first-order valence-corrected chi connectivity index (χ1v) is 7.78. The van der Waals surface area contributed by atoms with Crippen LogP contribution in [0.25, 0.3) is 33.7 Å². The molecule has 0 aliphatic heterocycles. The molecule has 0 saturated carbocycles. The van der Waals surface area contributed by atoms with Crippen LogP contribution in [0.5, 0.6) is 0 Å². The Kier molecular flexibility index (Phi) is 3.59. The molecule has 0 fully saturated rings. The summed E-state index contributed by atoms with van der Waals surface area (Å²) in [7, 11) is 0. The molecule has 4 rings (SSSR count). The molecule has 24 heavy (non-hydrogen) atoms. The van der Waals surface area contributed by atoms with Crippen LogP contribution >= 0.6 is 23.2 Å². The van der Waals surface area contributed by atoms with Crippen molar-refractivity contribution in [2.24, 2.45) is 0 Å². The molecule has 0 saturated heterocycles. The van der Waals surface area contributed by atoms with Gasteiger partial charge < -0.3 is 4.42 Å². The molecule has 7 heteroatoms. The molecule has 1 N–H and O–H groups in total. The molecule has 2 aromatic carbocycles. The fraction of sp³-hybridized carbons (Fsp3) is 0. The lowest BCUT2D eigenvalue weighted by molar-refractivity contribution is 0.563. The monoisotopic (exact) mass is 357 g/mol. The summed E-state index contributed by atoms with van der Waals surface area (Å²) in [5, 5.41) is 8.65. The molecule has 0 spiro atoms. The minimum absolute atomic E-state index is 0.246. The molecule has 2 heterocycles. The average Bonchev–Trinajstić information content (AvgIpc) is 3.03. The smallest absolute Gasteiger partial charge is 0.347 e. The fourth-order valence-electron chi connectivity index (χ4n) is 2.40. The first kappa shape index (κ1) is 14.9. The predicted molar refractivity (Wildman–Crippen MR) is 93.3 cm³/mol. The van der Waals surface area contributed by atoms with Crippen LogP contribution in [-0.2, 0) is 0 Å². The molecular weight excluding hydrogens is 349 g/mol. The van der Waals surface area contributed by atoms with E-state index in [4.69, 9.17) is 27.6 Å². The summed E-state index contributed by atoms with van der Waals surface area (Å²) >= 11 is 12.1. The number of halogens is 2. The van der Waals surface area contributed by atoms with Crippen molar-refractivity contribution >= 4 is 34.2 Å². The van der Waals surface area contributed by atoms with Crippen LogP contribution in [0.4, 0.5) is 0 Å². The summed E-state index contributed by atoms with van der Waals surface area (Å²) in [4.78, 5) is 16.5. The van der Waals surface area contributed by atoms with E-state index in [9.17, 15) is 4.79 Å². The van der Waals surface area contributed by atoms with Crippen LogP contribution in [0.3, 0.4) is 0 Å². The van der Waals surface area contributed by atoms with Gasteiger partial charge in [0.05, 0.1) is 5.02 Å². The number of H-pyrrole nitrogens is 1. The molecule has 2 aromatic heterocycles. The summed E-state index contributed by atoms with van der Waals surface area (Å²) in [6.07, 6.45) is 0. The van der Waals surface area contributed by atoms with Crippen LogP contribution in [0, 0.1) is 0 Å². The van der Waals surface area contributed by atoms with Gasteiger partial charge in [0.15, 0.2) is 11.6 Å². The lowest BCUT2D eigenvalue weighted by Gasteiger charge is -2.00. The Morgan fingerprint density at radius 3 is 2.67 bits per heavy atom. The van der Waals surface area contributed by atoms with Crippen molar-refractivity contribution in [2.45, 2.75) is 0 Å². The summed E-state index contributed by atoms with van der Waals surface area (Å²) in [6.45, 7) is 0. The Balaban J connectivity index is 1.83. The van der Waals surface area contributed by atoms with E-state index in [1.54, 1.807) is 36.4 Å². The maximum atomic E-state index is 12.2. The van der Waals surface area contributed by atoms with Gasteiger partial charge in [-0.2, -0.15) is 5.10 Å². The minimum Gasteiger partial charge on any atom is -0.422 e. The third kappa shape index (κ3) is 2.58. The lowest BCUT2D eigenvalue weighted by Crippen LogP contribution is -2.03. The number of benzene rings is 2. The van der Waals surface area contributed by atoms with Crippen molar-refractivity contribution in [1.82, 2.24) is 15.2 Å². The van der Waals surface area contributed by atoms with Gasteiger partial charge in [0.1, 0.15) is 11.1 Å². The quantitative estimate of drug-likeness (QED) is 0.534. The molecule has 118 valence electrons. The zero-order chi connectivity index (χ0) is 16.7. The molecule has 0 amide bonds. The van der Waals surface area contributed by atoms with E-state index in [2.05, 4.69) is 15.2 Å². The van der Waals surface area contributed by atoms with Crippen LogP contribution in [-0.4, -0.2) is 15.2 Å². The van der Waals surface area contributed by atoms with Gasteiger partial charge in [-0.3, -0.25) is 5.10 Å². The predicted octanol–water partition coefficient (Wildman–Crippen LogP) is 4.55. The number of rotatable bonds is 2. The number of hydrogen-bond donors (Lipinski definition) is 1. The van der Waals surface area contributed by atoms with Crippen molar-refractivity contribution in [1.29, 1.82) is 0 Å². The van der Waals surface area contributed by atoms with E-state index in [0.29, 0.717) is 27.0 Å². The zero-order valence-electron chi connectivity index (χ0n) is 12.1. The molecule has 0 bridgehead atoms. The second-order valence-electron chi connectivity index (χ2n) is 5.12. The van der Waals surface area contributed by atoms with Crippen LogP contribution in [0.1, 0.15) is 0 Å². The van der Waals surface area contributed by atoms with E-state index in [-0.39, 0.29) is 11.4 Å². The highest BCUT2D eigenvalue weighted by molar-refractivity contribution is 6.36. The second-order valence-corrected chi connectivity index (χ2v) is 5.96. The Bertz CT molecular complexity index is 1120. The van der Waals surface area contributed by atoms with E-state index >= 15 is 0 Å². The second kappa shape index (κ2) is 5.78. The zero-order valence-corrected chi connectivity index (χ0v) is 13.6. The SMILES string of the molecule is O=c1oc2ccccc2cc1-c1n[nH]c(-c2ccc(Cl)cc2Cl)n1. The van der Waals surface area contributed by atoms with E-state index < -0.39 is 5.63 Å². The Morgan fingerprint density at radius 1 is 1.00 bits per heavy atom. The fourth-order valence-corrected chi connectivity index (χ4v) is 2.90. The molecule has 5 nitrogen and oxygen atoms in total. The van der Waals surface area contributed by atoms with E-state index in [0.717, 1.165) is 5.39 Å². The van der Waals surface area contributed by atoms with Gasteiger partial charge in [-0.25, -0.2) is 9.78 Å². The molecule has 4 aromatic rings. The number of nitrogens with zero attached hydrogens (tertiary/aromatic N) is 2. The van der Waals surface area contributed by atoms with Crippen LogP contribution < -0.4 is 5.63 Å². The largest absolute Gasteiger partial charge is 0.422 e. The van der Waals surface area contributed by atoms with Gasteiger partial charge in [-0.05, 0) is 30.3 Å². The minimum atomic E-state index is -0.499. The van der Waals surface area contributed by atoms with E-state index in [1.807, 2.05) is 12.1 Å². The molecule has 0 radical (unpaired) electrons. The third-order valence-corrected chi connectivity index (χ3v) is 4.10.